The van der Waals surface area contributed by atoms with Crippen LogP contribution in [0, 0.1) is 0 Å². The minimum atomic E-state index is -0.241. The molecule has 0 fully saturated rings. The lowest BCUT2D eigenvalue weighted by Crippen LogP contribution is -2.45. The molecular formula is C24H32ClN3O2. The SMILES string of the molecule is CCOC(=O)CC(/C(=N/Nc1ccc(Cl)cc1)N(C(C)C)C(C)C)c1ccccc1. The van der Waals surface area contributed by atoms with Crippen LogP contribution in [0.25, 0.3) is 0 Å². The third-order valence-electron chi connectivity index (χ3n) is 4.71. The molecule has 0 spiro atoms. The normalized spacial score (nSPS) is 12.7. The summed E-state index contributed by atoms with van der Waals surface area (Å²) in [5.41, 5.74) is 5.00. The van der Waals surface area contributed by atoms with Gasteiger partial charge in [0.05, 0.1) is 24.6 Å². The summed E-state index contributed by atoms with van der Waals surface area (Å²) >= 11 is 6.00. The first kappa shape index (κ1) is 23.7. The zero-order valence-electron chi connectivity index (χ0n) is 18.4. The maximum Gasteiger partial charge on any atom is 0.306 e. The van der Waals surface area contributed by atoms with Crippen molar-refractivity contribution >= 4 is 29.1 Å². The number of benzene rings is 2. The standard InChI is InChI=1S/C24H32ClN3O2/c1-6-30-23(29)16-22(19-10-8-7-9-11-19)24(28(17(2)3)18(4)5)27-26-21-14-12-20(25)13-15-21/h7-15,17-18,22,26H,6,16H2,1-5H3/b27-24-. The highest BCUT2D eigenvalue weighted by Crippen LogP contribution is 2.27. The van der Waals surface area contributed by atoms with Gasteiger partial charge in [-0.1, -0.05) is 41.9 Å². The number of carbonyl (C=O) groups is 1. The fourth-order valence-electron chi connectivity index (χ4n) is 3.52. The van der Waals surface area contributed by atoms with Crippen LogP contribution < -0.4 is 5.43 Å². The van der Waals surface area contributed by atoms with Crippen molar-refractivity contribution in [3.05, 3.63) is 65.2 Å². The quantitative estimate of drug-likeness (QED) is 0.232. The second-order valence-electron chi connectivity index (χ2n) is 7.66. The lowest BCUT2D eigenvalue weighted by molar-refractivity contribution is -0.143. The highest BCUT2D eigenvalue weighted by Gasteiger charge is 2.30. The first-order valence-corrected chi connectivity index (χ1v) is 10.8. The van der Waals surface area contributed by atoms with Gasteiger partial charge in [0.1, 0.15) is 5.84 Å². The van der Waals surface area contributed by atoms with Crippen molar-refractivity contribution in [2.45, 2.75) is 59.0 Å². The zero-order valence-corrected chi connectivity index (χ0v) is 19.2. The summed E-state index contributed by atoms with van der Waals surface area (Å²) in [6, 6.07) is 17.8. The molecule has 0 aromatic heterocycles. The van der Waals surface area contributed by atoms with Crippen molar-refractivity contribution in [3.8, 4) is 0 Å². The van der Waals surface area contributed by atoms with Gasteiger partial charge in [-0.05, 0) is 64.4 Å². The van der Waals surface area contributed by atoms with Gasteiger partial charge in [-0.15, -0.1) is 0 Å². The van der Waals surface area contributed by atoms with Crippen LogP contribution in [0.1, 0.15) is 52.5 Å². The third-order valence-corrected chi connectivity index (χ3v) is 4.96. The van der Waals surface area contributed by atoms with Crippen LogP contribution in [0.5, 0.6) is 0 Å². The average Bonchev–Trinajstić information content (AvgIpc) is 2.71. The maximum atomic E-state index is 12.5. The van der Waals surface area contributed by atoms with Crippen LogP contribution in [0.15, 0.2) is 59.7 Å². The number of hydrogen-bond acceptors (Lipinski definition) is 4. The second kappa shape index (κ2) is 11.6. The molecule has 2 aromatic rings. The van der Waals surface area contributed by atoms with Crippen LogP contribution in [-0.4, -0.2) is 35.4 Å². The van der Waals surface area contributed by atoms with Gasteiger partial charge in [0, 0.05) is 17.1 Å². The monoisotopic (exact) mass is 429 g/mol. The van der Waals surface area contributed by atoms with Gasteiger partial charge in [0.2, 0.25) is 0 Å². The van der Waals surface area contributed by atoms with Crippen molar-refractivity contribution in [1.82, 2.24) is 4.90 Å². The van der Waals surface area contributed by atoms with Gasteiger partial charge in [-0.2, -0.15) is 5.10 Å². The maximum absolute atomic E-state index is 12.5. The number of esters is 1. The molecule has 162 valence electrons. The summed E-state index contributed by atoms with van der Waals surface area (Å²) < 4.78 is 5.27. The van der Waals surface area contributed by atoms with Gasteiger partial charge in [0.25, 0.3) is 0 Å². The van der Waals surface area contributed by atoms with E-state index >= 15 is 0 Å². The van der Waals surface area contributed by atoms with E-state index in [9.17, 15) is 4.79 Å². The fourth-order valence-corrected chi connectivity index (χ4v) is 3.64. The minimum absolute atomic E-state index is 0.198. The summed E-state index contributed by atoms with van der Waals surface area (Å²) in [6.07, 6.45) is 0.217. The molecule has 0 heterocycles. The van der Waals surface area contributed by atoms with Crippen molar-refractivity contribution in [2.24, 2.45) is 5.10 Å². The number of anilines is 1. The molecule has 0 amide bonds. The summed E-state index contributed by atoms with van der Waals surface area (Å²) in [7, 11) is 0. The number of rotatable bonds is 9. The predicted molar refractivity (Wildman–Crippen MR) is 125 cm³/mol. The van der Waals surface area contributed by atoms with E-state index in [-0.39, 0.29) is 30.4 Å². The summed E-state index contributed by atoms with van der Waals surface area (Å²) in [4.78, 5) is 14.7. The van der Waals surface area contributed by atoms with Crippen LogP contribution >= 0.6 is 11.6 Å². The highest BCUT2D eigenvalue weighted by atomic mass is 35.5. The van der Waals surface area contributed by atoms with Crippen molar-refractivity contribution in [2.75, 3.05) is 12.0 Å². The molecule has 5 nitrogen and oxygen atoms in total. The summed E-state index contributed by atoms with van der Waals surface area (Å²) in [5.74, 6) is 0.321. The Morgan fingerprint density at radius 3 is 2.17 bits per heavy atom. The number of nitrogens with zero attached hydrogens (tertiary/aromatic N) is 2. The average molecular weight is 430 g/mol. The Bertz CT molecular complexity index is 812. The molecule has 2 rings (SSSR count). The molecule has 0 saturated carbocycles. The number of hydrazone groups is 1. The van der Waals surface area contributed by atoms with Crippen LogP contribution in [-0.2, 0) is 9.53 Å². The molecule has 0 aliphatic carbocycles. The van der Waals surface area contributed by atoms with E-state index in [0.717, 1.165) is 17.1 Å². The van der Waals surface area contributed by atoms with Crippen LogP contribution in [0.4, 0.5) is 5.69 Å². The van der Waals surface area contributed by atoms with E-state index in [1.807, 2.05) is 61.5 Å². The first-order chi connectivity index (χ1) is 14.3. The van der Waals surface area contributed by atoms with Gasteiger partial charge in [0.15, 0.2) is 0 Å². The molecule has 30 heavy (non-hydrogen) atoms. The van der Waals surface area contributed by atoms with E-state index in [0.29, 0.717) is 11.6 Å². The van der Waals surface area contributed by atoms with E-state index in [1.54, 1.807) is 0 Å². The topological polar surface area (TPSA) is 53.9 Å². The molecule has 0 bridgehead atoms. The molecule has 0 aliphatic rings. The molecule has 0 saturated heterocycles. The van der Waals surface area contributed by atoms with Crippen LogP contribution in [0.3, 0.4) is 0 Å². The fraction of sp³-hybridized carbons (Fsp3) is 0.417. The molecular weight excluding hydrogens is 398 g/mol. The van der Waals surface area contributed by atoms with E-state index in [4.69, 9.17) is 21.4 Å². The first-order valence-electron chi connectivity index (χ1n) is 10.4. The lowest BCUT2D eigenvalue weighted by atomic mass is 9.92. The molecule has 1 atom stereocenters. The second-order valence-corrected chi connectivity index (χ2v) is 8.09. The van der Waals surface area contributed by atoms with E-state index in [2.05, 4.69) is 38.0 Å². The Morgan fingerprint density at radius 1 is 1.03 bits per heavy atom. The minimum Gasteiger partial charge on any atom is -0.466 e. The Balaban J connectivity index is 2.51. The molecule has 6 heteroatoms. The lowest BCUT2D eigenvalue weighted by Gasteiger charge is -2.37. The van der Waals surface area contributed by atoms with Gasteiger partial charge in [-0.25, -0.2) is 0 Å². The molecule has 2 aromatic carbocycles. The van der Waals surface area contributed by atoms with E-state index < -0.39 is 0 Å². The van der Waals surface area contributed by atoms with Gasteiger partial charge in [-0.3, -0.25) is 10.2 Å². The number of halogens is 1. The third kappa shape index (κ3) is 6.77. The number of carbonyl (C=O) groups excluding carboxylic acids is 1. The number of ether oxygens (including phenoxy) is 1. The van der Waals surface area contributed by atoms with Crippen molar-refractivity contribution in [3.63, 3.8) is 0 Å². The Hall–Kier alpha value is -2.53. The predicted octanol–water partition coefficient (Wildman–Crippen LogP) is 5.92. The van der Waals surface area contributed by atoms with Gasteiger partial charge < -0.3 is 9.64 Å². The molecule has 1 N–H and O–H groups in total. The smallest absolute Gasteiger partial charge is 0.306 e. The number of hydrogen-bond donors (Lipinski definition) is 1. The Labute approximate surface area is 185 Å². The summed E-state index contributed by atoms with van der Waals surface area (Å²) in [5, 5.41) is 5.46. The van der Waals surface area contributed by atoms with Gasteiger partial charge >= 0.3 is 5.97 Å². The zero-order chi connectivity index (χ0) is 22.1. The van der Waals surface area contributed by atoms with E-state index in [1.165, 1.54) is 0 Å². The van der Waals surface area contributed by atoms with Crippen LogP contribution in [0.2, 0.25) is 5.02 Å². The highest BCUT2D eigenvalue weighted by molar-refractivity contribution is 6.30. The molecule has 1 unspecified atom stereocenters. The van der Waals surface area contributed by atoms with Crippen molar-refractivity contribution in [1.29, 1.82) is 0 Å². The number of amidine groups is 1. The summed E-state index contributed by atoms with van der Waals surface area (Å²) in [6.45, 7) is 10.7. The molecule has 0 radical (unpaired) electrons. The number of nitrogens with one attached hydrogen (secondary N) is 1. The Morgan fingerprint density at radius 2 is 1.63 bits per heavy atom. The van der Waals surface area contributed by atoms with Crippen molar-refractivity contribution < 1.29 is 9.53 Å². The Kier molecular flexibility index (Phi) is 9.18. The largest absolute Gasteiger partial charge is 0.466 e. The molecule has 0 aliphatic heterocycles.